The van der Waals surface area contributed by atoms with E-state index in [-0.39, 0.29) is 28.8 Å². The molecule has 19 heavy (non-hydrogen) atoms. The Labute approximate surface area is 116 Å². The van der Waals surface area contributed by atoms with Crippen LogP contribution in [0, 0.1) is 0 Å². The molecule has 0 spiro atoms. The summed E-state index contributed by atoms with van der Waals surface area (Å²) < 4.78 is 6.76. The Hall–Kier alpha value is -1.07. The van der Waals surface area contributed by atoms with Crippen molar-refractivity contribution in [3.8, 4) is 0 Å². The van der Waals surface area contributed by atoms with E-state index in [1.165, 1.54) is 4.57 Å². The fourth-order valence-electron chi connectivity index (χ4n) is 2.58. The minimum atomic E-state index is -0.432. The summed E-state index contributed by atoms with van der Waals surface area (Å²) in [6.45, 7) is 6.29. The molecule has 0 saturated carbocycles. The average molecular weight is 287 g/mol. The lowest BCUT2D eigenvalue weighted by atomic mass is 10.0. The van der Waals surface area contributed by atoms with Gasteiger partial charge < -0.3 is 4.74 Å². The molecule has 2 heterocycles. The van der Waals surface area contributed by atoms with E-state index in [4.69, 9.17) is 16.3 Å². The number of aromatic nitrogens is 2. The van der Waals surface area contributed by atoms with Gasteiger partial charge in [-0.2, -0.15) is 0 Å². The van der Waals surface area contributed by atoms with Gasteiger partial charge in [0.1, 0.15) is 5.15 Å². The van der Waals surface area contributed by atoms with Gasteiger partial charge in [0, 0.05) is 12.6 Å². The van der Waals surface area contributed by atoms with Gasteiger partial charge in [-0.3, -0.25) is 14.3 Å². The molecule has 0 aliphatic carbocycles. The van der Waals surface area contributed by atoms with Gasteiger partial charge in [0.2, 0.25) is 0 Å². The summed E-state index contributed by atoms with van der Waals surface area (Å²) >= 11 is 5.98. The molecule has 0 bridgehead atoms. The van der Waals surface area contributed by atoms with Gasteiger partial charge in [0.25, 0.3) is 5.56 Å². The van der Waals surface area contributed by atoms with E-state index in [0.717, 1.165) is 0 Å². The highest BCUT2D eigenvalue weighted by Crippen LogP contribution is 2.24. The SMILES string of the molecule is CC1CC(n2c(=O)[nH]c(Cl)c(C(C)C)c2=O)CCO1. The Morgan fingerprint density at radius 2 is 2.11 bits per heavy atom. The molecule has 1 aliphatic rings. The summed E-state index contributed by atoms with van der Waals surface area (Å²) in [6, 6.07) is -0.116. The van der Waals surface area contributed by atoms with Crippen LogP contribution in [0.1, 0.15) is 51.1 Å². The molecule has 1 aliphatic heterocycles. The molecular weight excluding hydrogens is 268 g/mol. The van der Waals surface area contributed by atoms with Crippen LogP contribution in [-0.2, 0) is 4.74 Å². The highest BCUT2D eigenvalue weighted by atomic mass is 35.5. The third kappa shape index (κ3) is 2.77. The maximum Gasteiger partial charge on any atom is 0.329 e. The lowest BCUT2D eigenvalue weighted by molar-refractivity contribution is 0.00434. The first-order valence-corrected chi connectivity index (χ1v) is 6.95. The molecule has 1 saturated heterocycles. The van der Waals surface area contributed by atoms with Crippen molar-refractivity contribution in [2.75, 3.05) is 6.61 Å². The van der Waals surface area contributed by atoms with Gasteiger partial charge in [0.05, 0.1) is 11.7 Å². The van der Waals surface area contributed by atoms with Crippen LogP contribution in [0.3, 0.4) is 0 Å². The Kier molecular flexibility index (Phi) is 4.16. The fourth-order valence-corrected chi connectivity index (χ4v) is 2.96. The van der Waals surface area contributed by atoms with E-state index >= 15 is 0 Å². The Morgan fingerprint density at radius 3 is 2.68 bits per heavy atom. The molecule has 0 radical (unpaired) electrons. The Morgan fingerprint density at radius 1 is 1.42 bits per heavy atom. The second-order valence-electron chi connectivity index (χ2n) is 5.35. The number of H-pyrrole nitrogens is 1. The molecule has 1 N–H and O–H groups in total. The van der Waals surface area contributed by atoms with Crippen molar-refractivity contribution in [3.63, 3.8) is 0 Å². The zero-order chi connectivity index (χ0) is 14.2. The quantitative estimate of drug-likeness (QED) is 0.846. The van der Waals surface area contributed by atoms with Crippen molar-refractivity contribution in [2.24, 2.45) is 0 Å². The zero-order valence-electron chi connectivity index (χ0n) is 11.4. The van der Waals surface area contributed by atoms with Crippen LogP contribution in [0.2, 0.25) is 5.15 Å². The smallest absolute Gasteiger partial charge is 0.329 e. The number of hydrogen-bond donors (Lipinski definition) is 1. The number of rotatable bonds is 2. The van der Waals surface area contributed by atoms with Crippen LogP contribution in [0.15, 0.2) is 9.59 Å². The molecule has 2 unspecified atom stereocenters. The summed E-state index contributed by atoms with van der Waals surface area (Å²) in [5.41, 5.74) is -0.234. The van der Waals surface area contributed by atoms with Crippen molar-refractivity contribution in [1.82, 2.24) is 9.55 Å². The van der Waals surface area contributed by atoms with Gasteiger partial charge in [-0.1, -0.05) is 25.4 Å². The van der Waals surface area contributed by atoms with E-state index in [1.54, 1.807) is 0 Å². The number of ether oxygens (including phenoxy) is 1. The normalized spacial score (nSPS) is 23.8. The fraction of sp³-hybridized carbons (Fsp3) is 0.692. The van der Waals surface area contributed by atoms with E-state index in [1.807, 2.05) is 20.8 Å². The molecule has 106 valence electrons. The van der Waals surface area contributed by atoms with Crippen LogP contribution in [0.25, 0.3) is 0 Å². The molecule has 6 heteroatoms. The summed E-state index contributed by atoms with van der Waals surface area (Å²) in [7, 11) is 0. The second-order valence-corrected chi connectivity index (χ2v) is 5.73. The number of nitrogens with one attached hydrogen (secondary N) is 1. The summed E-state index contributed by atoms with van der Waals surface area (Å²) in [6.07, 6.45) is 1.40. The molecule has 2 rings (SSSR count). The maximum absolute atomic E-state index is 12.5. The number of hydrogen-bond acceptors (Lipinski definition) is 3. The third-order valence-electron chi connectivity index (χ3n) is 3.52. The predicted octanol–water partition coefficient (Wildman–Crippen LogP) is 2.05. The molecule has 1 fully saturated rings. The van der Waals surface area contributed by atoms with Crippen molar-refractivity contribution >= 4 is 11.6 Å². The summed E-state index contributed by atoms with van der Waals surface area (Å²) in [4.78, 5) is 27.1. The van der Waals surface area contributed by atoms with Gasteiger partial charge in [-0.05, 0) is 25.7 Å². The predicted molar refractivity (Wildman–Crippen MR) is 74.1 cm³/mol. The lowest BCUT2D eigenvalue weighted by Crippen LogP contribution is -2.43. The standard InChI is InChI=1S/C13H19ClN2O3/c1-7(2)10-11(14)15-13(18)16(12(10)17)9-4-5-19-8(3)6-9/h7-9H,4-6H2,1-3H3,(H,15,18). The van der Waals surface area contributed by atoms with Crippen LogP contribution in [0.5, 0.6) is 0 Å². The third-order valence-corrected chi connectivity index (χ3v) is 3.82. The molecular formula is C13H19ClN2O3. The van der Waals surface area contributed by atoms with Crippen LogP contribution in [-0.4, -0.2) is 22.3 Å². The molecule has 2 atom stereocenters. The first kappa shape index (κ1) is 14.3. The first-order chi connectivity index (χ1) is 8.91. The summed E-state index contributed by atoms with van der Waals surface area (Å²) in [5, 5.41) is 0.154. The van der Waals surface area contributed by atoms with Crippen molar-refractivity contribution in [2.45, 2.75) is 51.7 Å². The van der Waals surface area contributed by atoms with Gasteiger partial charge in [-0.25, -0.2) is 4.79 Å². The topological polar surface area (TPSA) is 64.1 Å². The van der Waals surface area contributed by atoms with Crippen LogP contribution < -0.4 is 11.2 Å². The maximum atomic E-state index is 12.5. The average Bonchev–Trinajstić information content (AvgIpc) is 2.27. The zero-order valence-corrected chi connectivity index (χ0v) is 12.2. The Balaban J connectivity index is 2.54. The molecule has 0 aromatic carbocycles. The van der Waals surface area contributed by atoms with Crippen molar-refractivity contribution in [1.29, 1.82) is 0 Å². The molecule has 1 aromatic heterocycles. The number of aromatic amines is 1. The van der Waals surface area contributed by atoms with Crippen molar-refractivity contribution in [3.05, 3.63) is 31.6 Å². The largest absolute Gasteiger partial charge is 0.378 e. The van der Waals surface area contributed by atoms with Gasteiger partial charge >= 0.3 is 5.69 Å². The van der Waals surface area contributed by atoms with E-state index < -0.39 is 5.69 Å². The first-order valence-electron chi connectivity index (χ1n) is 6.57. The minimum absolute atomic E-state index is 0.0274. The van der Waals surface area contributed by atoms with Gasteiger partial charge in [-0.15, -0.1) is 0 Å². The monoisotopic (exact) mass is 286 g/mol. The van der Waals surface area contributed by atoms with E-state index in [9.17, 15) is 9.59 Å². The second kappa shape index (κ2) is 5.51. The highest BCUT2D eigenvalue weighted by Gasteiger charge is 2.25. The highest BCUT2D eigenvalue weighted by molar-refractivity contribution is 6.30. The van der Waals surface area contributed by atoms with E-state index in [0.29, 0.717) is 25.0 Å². The van der Waals surface area contributed by atoms with Crippen LogP contribution in [0.4, 0.5) is 0 Å². The van der Waals surface area contributed by atoms with Crippen LogP contribution >= 0.6 is 11.6 Å². The minimum Gasteiger partial charge on any atom is -0.378 e. The van der Waals surface area contributed by atoms with Crippen molar-refractivity contribution < 1.29 is 4.74 Å². The molecule has 1 aromatic rings. The number of halogens is 1. The van der Waals surface area contributed by atoms with E-state index in [2.05, 4.69) is 4.98 Å². The molecule has 5 nitrogen and oxygen atoms in total. The number of nitrogens with zero attached hydrogens (tertiary/aromatic N) is 1. The lowest BCUT2D eigenvalue weighted by Gasteiger charge is -2.28. The summed E-state index contributed by atoms with van der Waals surface area (Å²) in [5.74, 6) is -0.0274. The Bertz CT molecular complexity index is 576. The molecule has 0 amide bonds. The van der Waals surface area contributed by atoms with Gasteiger partial charge in [0.15, 0.2) is 0 Å².